The summed E-state index contributed by atoms with van der Waals surface area (Å²) in [5.41, 5.74) is 4.40. The highest BCUT2D eigenvalue weighted by atomic mass is 19.4. The molecule has 19 heavy (non-hydrogen) atoms. The highest BCUT2D eigenvalue weighted by Crippen LogP contribution is 2.33. The van der Waals surface area contributed by atoms with E-state index in [1.165, 1.54) is 6.92 Å². The molecule has 0 radical (unpaired) electrons. The van der Waals surface area contributed by atoms with Gasteiger partial charge in [-0.25, -0.2) is 4.79 Å². The molecule has 0 aromatic heterocycles. The van der Waals surface area contributed by atoms with Crippen LogP contribution in [0.1, 0.15) is 19.4 Å². The molecule has 4 nitrogen and oxygen atoms in total. The molecular weight excluding hydrogens is 263 g/mol. The SMILES string of the molecule is CCOC(=O)C(C)Oc1ccc(C(F)(F)F)cc1N. The lowest BCUT2D eigenvalue weighted by molar-refractivity contribution is -0.150. The summed E-state index contributed by atoms with van der Waals surface area (Å²) in [6.45, 7) is 3.25. The van der Waals surface area contributed by atoms with E-state index in [9.17, 15) is 18.0 Å². The van der Waals surface area contributed by atoms with Gasteiger partial charge in [-0.3, -0.25) is 0 Å². The zero-order chi connectivity index (χ0) is 14.6. The lowest BCUT2D eigenvalue weighted by Gasteiger charge is -2.16. The number of benzene rings is 1. The minimum atomic E-state index is -4.47. The topological polar surface area (TPSA) is 61.5 Å². The van der Waals surface area contributed by atoms with Crippen LogP contribution in [-0.4, -0.2) is 18.7 Å². The molecule has 1 rings (SSSR count). The minimum Gasteiger partial charge on any atom is -0.477 e. The number of rotatable bonds is 4. The van der Waals surface area contributed by atoms with Gasteiger partial charge in [0.25, 0.3) is 0 Å². The Labute approximate surface area is 108 Å². The molecule has 0 aliphatic rings. The number of carbonyl (C=O) groups excluding carboxylic acids is 1. The Morgan fingerprint density at radius 1 is 1.42 bits per heavy atom. The van der Waals surface area contributed by atoms with Crippen molar-refractivity contribution in [3.05, 3.63) is 23.8 Å². The minimum absolute atomic E-state index is 0.00792. The monoisotopic (exact) mass is 277 g/mol. The summed E-state index contributed by atoms with van der Waals surface area (Å²) in [6.07, 6.45) is -5.42. The van der Waals surface area contributed by atoms with Gasteiger partial charge in [-0.05, 0) is 32.0 Å². The van der Waals surface area contributed by atoms with Crippen LogP contribution in [0.2, 0.25) is 0 Å². The maximum atomic E-state index is 12.4. The largest absolute Gasteiger partial charge is 0.477 e. The highest BCUT2D eigenvalue weighted by molar-refractivity contribution is 5.75. The smallest absolute Gasteiger partial charge is 0.416 e. The van der Waals surface area contributed by atoms with Gasteiger partial charge in [-0.15, -0.1) is 0 Å². The van der Waals surface area contributed by atoms with E-state index in [0.29, 0.717) is 0 Å². The molecule has 0 bridgehead atoms. The Balaban J connectivity index is 2.83. The Kier molecular flexibility index (Phi) is 4.63. The molecule has 0 heterocycles. The van der Waals surface area contributed by atoms with Crippen LogP contribution in [0.15, 0.2) is 18.2 Å². The third kappa shape index (κ3) is 4.04. The van der Waals surface area contributed by atoms with Gasteiger partial charge in [0.1, 0.15) is 5.75 Å². The molecule has 0 amide bonds. The van der Waals surface area contributed by atoms with Crippen LogP contribution >= 0.6 is 0 Å². The van der Waals surface area contributed by atoms with Crippen molar-refractivity contribution in [2.45, 2.75) is 26.1 Å². The summed E-state index contributed by atoms with van der Waals surface area (Å²) < 4.78 is 47.1. The van der Waals surface area contributed by atoms with Crippen LogP contribution in [0, 0.1) is 0 Å². The average molecular weight is 277 g/mol. The number of nitrogen functional groups attached to an aromatic ring is 1. The molecule has 7 heteroatoms. The van der Waals surface area contributed by atoms with Crippen molar-refractivity contribution < 1.29 is 27.4 Å². The standard InChI is InChI=1S/C12H14F3NO3/c1-3-18-11(17)7(2)19-10-5-4-8(6-9(10)16)12(13,14)15/h4-7H,3,16H2,1-2H3. The van der Waals surface area contributed by atoms with Gasteiger partial charge in [0.15, 0.2) is 6.10 Å². The van der Waals surface area contributed by atoms with Gasteiger partial charge in [-0.2, -0.15) is 13.2 Å². The molecule has 106 valence electrons. The van der Waals surface area contributed by atoms with E-state index in [1.54, 1.807) is 6.92 Å². The molecule has 0 saturated carbocycles. The van der Waals surface area contributed by atoms with Gasteiger partial charge >= 0.3 is 12.1 Å². The molecule has 0 aliphatic carbocycles. The molecule has 1 aromatic carbocycles. The van der Waals surface area contributed by atoms with Crippen LogP contribution < -0.4 is 10.5 Å². The normalized spacial score (nSPS) is 12.9. The summed E-state index contributed by atoms with van der Waals surface area (Å²) in [4.78, 5) is 11.3. The first-order valence-corrected chi connectivity index (χ1v) is 5.55. The number of esters is 1. The molecule has 0 fully saturated rings. The lowest BCUT2D eigenvalue weighted by Crippen LogP contribution is -2.26. The van der Waals surface area contributed by atoms with E-state index in [1.807, 2.05) is 0 Å². The lowest BCUT2D eigenvalue weighted by atomic mass is 10.2. The Morgan fingerprint density at radius 2 is 2.05 bits per heavy atom. The van der Waals surface area contributed by atoms with Crippen molar-refractivity contribution in [1.82, 2.24) is 0 Å². The summed E-state index contributed by atoms with van der Waals surface area (Å²) in [5.74, 6) is -0.602. The number of halogens is 3. The van der Waals surface area contributed by atoms with Crippen molar-refractivity contribution in [1.29, 1.82) is 0 Å². The van der Waals surface area contributed by atoms with Crippen LogP contribution in [0.4, 0.5) is 18.9 Å². The Bertz CT molecular complexity index is 460. The fourth-order valence-corrected chi connectivity index (χ4v) is 1.33. The number of ether oxygens (including phenoxy) is 2. The van der Waals surface area contributed by atoms with E-state index in [2.05, 4.69) is 0 Å². The second kappa shape index (κ2) is 5.81. The number of hydrogen-bond donors (Lipinski definition) is 1. The van der Waals surface area contributed by atoms with Crippen molar-refractivity contribution in [3.8, 4) is 5.75 Å². The van der Waals surface area contributed by atoms with Crippen LogP contribution in [0.3, 0.4) is 0 Å². The molecule has 1 atom stereocenters. The summed E-state index contributed by atoms with van der Waals surface area (Å²) in [7, 11) is 0. The van der Waals surface area contributed by atoms with Gasteiger partial charge in [0, 0.05) is 0 Å². The predicted octanol–water partition coefficient (Wildman–Crippen LogP) is 2.62. The maximum absolute atomic E-state index is 12.4. The molecule has 1 unspecified atom stereocenters. The first-order chi connectivity index (χ1) is 8.75. The summed E-state index contributed by atoms with van der Waals surface area (Å²) in [6, 6.07) is 2.67. The number of anilines is 1. The van der Waals surface area contributed by atoms with Gasteiger partial charge in [0.05, 0.1) is 17.9 Å². The number of alkyl halides is 3. The fourth-order valence-electron chi connectivity index (χ4n) is 1.33. The summed E-state index contributed by atoms with van der Waals surface area (Å²) >= 11 is 0. The molecule has 2 N–H and O–H groups in total. The number of carbonyl (C=O) groups is 1. The molecule has 0 aliphatic heterocycles. The summed E-state index contributed by atoms with van der Waals surface area (Å²) in [5, 5.41) is 0. The van der Waals surface area contributed by atoms with E-state index in [0.717, 1.165) is 18.2 Å². The number of nitrogens with two attached hydrogens (primary N) is 1. The van der Waals surface area contributed by atoms with Gasteiger partial charge < -0.3 is 15.2 Å². The fraction of sp³-hybridized carbons (Fsp3) is 0.417. The van der Waals surface area contributed by atoms with Gasteiger partial charge in [0.2, 0.25) is 0 Å². The second-order valence-electron chi connectivity index (χ2n) is 3.76. The average Bonchev–Trinajstić information content (AvgIpc) is 2.30. The van der Waals surface area contributed by atoms with Crippen molar-refractivity contribution in [3.63, 3.8) is 0 Å². The second-order valence-corrected chi connectivity index (χ2v) is 3.76. The molecular formula is C12H14F3NO3. The first kappa shape index (κ1) is 15.1. The molecule has 0 saturated heterocycles. The zero-order valence-corrected chi connectivity index (χ0v) is 10.5. The highest BCUT2D eigenvalue weighted by Gasteiger charge is 2.31. The van der Waals surface area contributed by atoms with Crippen molar-refractivity contribution >= 4 is 11.7 Å². The van der Waals surface area contributed by atoms with Crippen LogP contribution in [-0.2, 0) is 15.7 Å². The first-order valence-electron chi connectivity index (χ1n) is 5.55. The van der Waals surface area contributed by atoms with E-state index < -0.39 is 23.8 Å². The third-order valence-corrected chi connectivity index (χ3v) is 2.26. The molecule has 0 spiro atoms. The van der Waals surface area contributed by atoms with Crippen molar-refractivity contribution in [2.75, 3.05) is 12.3 Å². The Morgan fingerprint density at radius 3 is 2.53 bits per heavy atom. The number of hydrogen-bond acceptors (Lipinski definition) is 4. The third-order valence-electron chi connectivity index (χ3n) is 2.26. The maximum Gasteiger partial charge on any atom is 0.416 e. The van der Waals surface area contributed by atoms with E-state index in [4.69, 9.17) is 15.2 Å². The van der Waals surface area contributed by atoms with Crippen LogP contribution in [0.5, 0.6) is 5.75 Å². The zero-order valence-electron chi connectivity index (χ0n) is 10.5. The predicted molar refractivity (Wildman–Crippen MR) is 62.6 cm³/mol. The Hall–Kier alpha value is -1.92. The van der Waals surface area contributed by atoms with Crippen molar-refractivity contribution in [2.24, 2.45) is 0 Å². The van der Waals surface area contributed by atoms with Crippen LogP contribution in [0.25, 0.3) is 0 Å². The van der Waals surface area contributed by atoms with E-state index in [-0.39, 0.29) is 18.0 Å². The van der Waals surface area contributed by atoms with Gasteiger partial charge in [-0.1, -0.05) is 0 Å². The quantitative estimate of drug-likeness (QED) is 0.679. The molecule has 1 aromatic rings. The van der Waals surface area contributed by atoms with E-state index >= 15 is 0 Å².